The predicted octanol–water partition coefficient (Wildman–Crippen LogP) is 5.57. The fraction of sp³-hybridized carbons (Fsp3) is 0.484. The number of amides is 1. The largest absolute Gasteiger partial charge is 0.508 e. The second-order valence-electron chi connectivity index (χ2n) is 11.4. The first-order valence-corrected chi connectivity index (χ1v) is 13.9. The second kappa shape index (κ2) is 11.3. The van der Waals surface area contributed by atoms with E-state index in [4.69, 9.17) is 4.74 Å². The molecule has 1 saturated heterocycles. The Morgan fingerprint density at radius 2 is 1.88 bits per heavy atom. The van der Waals surface area contributed by atoms with Crippen LogP contribution < -0.4 is 5.32 Å². The molecule has 2 aromatic carbocycles. The standard InChI is InChI=1S/C31H35F3N2O4/c1-20(37)40-27-11-6-14-30(23-9-5-10-24(38)16-23)17-28(36(19-26(27)30)18-22-12-13-22)35-29(39)25(31(32,33)34)15-21-7-3-2-4-8-21/h2-5,7-10,15-16,22,26-28,38H,6,11-14,17-19H2,1H3,(H,35,39)/t26?,27?,28-,30-/m0/s1. The maximum absolute atomic E-state index is 14.1. The summed E-state index contributed by atoms with van der Waals surface area (Å²) in [5, 5.41) is 13.1. The molecule has 1 heterocycles. The minimum Gasteiger partial charge on any atom is -0.508 e. The molecule has 2 aliphatic carbocycles. The van der Waals surface area contributed by atoms with Gasteiger partial charge in [0.05, 0.1) is 6.17 Å². The molecule has 1 amide bonds. The smallest absolute Gasteiger partial charge is 0.421 e. The Hall–Kier alpha value is -3.33. The highest BCUT2D eigenvalue weighted by atomic mass is 19.4. The molecule has 2 N–H and O–H groups in total. The van der Waals surface area contributed by atoms with Crippen LogP contribution in [0, 0.1) is 11.8 Å². The number of hydrogen-bond acceptors (Lipinski definition) is 5. The van der Waals surface area contributed by atoms with Crippen LogP contribution in [0.25, 0.3) is 6.08 Å². The molecule has 2 unspecified atom stereocenters. The second-order valence-corrected chi connectivity index (χ2v) is 11.4. The van der Waals surface area contributed by atoms with Crippen LogP contribution in [0.4, 0.5) is 13.2 Å². The quantitative estimate of drug-likeness (QED) is 0.345. The van der Waals surface area contributed by atoms with Gasteiger partial charge in [0.15, 0.2) is 0 Å². The van der Waals surface area contributed by atoms with Gasteiger partial charge in [-0.3, -0.25) is 14.5 Å². The molecule has 0 bridgehead atoms. The highest BCUT2D eigenvalue weighted by Crippen LogP contribution is 2.52. The zero-order chi connectivity index (χ0) is 28.5. The summed E-state index contributed by atoms with van der Waals surface area (Å²) in [5.74, 6) is -1.17. The first-order chi connectivity index (χ1) is 19.0. The molecular formula is C31H35F3N2O4. The number of esters is 1. The Bertz CT molecular complexity index is 1260. The zero-order valence-electron chi connectivity index (χ0n) is 22.5. The molecular weight excluding hydrogens is 521 g/mol. The summed E-state index contributed by atoms with van der Waals surface area (Å²) in [7, 11) is 0. The minimum absolute atomic E-state index is 0.0892. The number of benzene rings is 2. The number of rotatable bonds is 7. The lowest BCUT2D eigenvalue weighted by Crippen LogP contribution is -2.64. The van der Waals surface area contributed by atoms with Crippen LogP contribution in [0.2, 0.25) is 0 Å². The predicted molar refractivity (Wildman–Crippen MR) is 144 cm³/mol. The van der Waals surface area contributed by atoms with Gasteiger partial charge in [-0.2, -0.15) is 13.2 Å². The molecule has 3 aliphatic rings. The number of ether oxygens (including phenoxy) is 1. The fourth-order valence-corrected chi connectivity index (χ4v) is 6.60. The zero-order valence-corrected chi connectivity index (χ0v) is 22.5. The number of aromatic hydroxyl groups is 1. The molecule has 0 radical (unpaired) electrons. The molecule has 0 spiro atoms. The third kappa shape index (κ3) is 6.19. The fourth-order valence-electron chi connectivity index (χ4n) is 6.60. The molecule has 1 aliphatic heterocycles. The van der Waals surface area contributed by atoms with Gasteiger partial charge in [0.25, 0.3) is 5.91 Å². The molecule has 4 atom stereocenters. The summed E-state index contributed by atoms with van der Waals surface area (Å²) < 4.78 is 48.2. The number of alkyl halides is 3. The Labute approximate surface area is 232 Å². The van der Waals surface area contributed by atoms with E-state index in [1.807, 2.05) is 6.07 Å². The number of phenolic OH excluding ortho intramolecular Hbond substituents is 1. The van der Waals surface area contributed by atoms with Crippen LogP contribution in [0.15, 0.2) is 60.2 Å². The van der Waals surface area contributed by atoms with Gasteiger partial charge in [0, 0.05) is 31.3 Å². The van der Waals surface area contributed by atoms with Crippen molar-refractivity contribution in [3.8, 4) is 5.75 Å². The topological polar surface area (TPSA) is 78.9 Å². The van der Waals surface area contributed by atoms with Crippen LogP contribution in [-0.2, 0) is 19.7 Å². The Morgan fingerprint density at radius 3 is 2.52 bits per heavy atom. The maximum atomic E-state index is 14.1. The lowest BCUT2D eigenvalue weighted by atomic mass is 9.57. The Morgan fingerprint density at radius 1 is 1.12 bits per heavy atom. The molecule has 40 heavy (non-hydrogen) atoms. The Kier molecular flexibility index (Phi) is 7.95. The SMILES string of the molecule is CC(=O)OC1CCC[C@@]2(c3cccc(O)c3)C[C@@H](NC(=O)C(=Cc3ccccc3)C(F)(F)F)N(CC3CC3)CC12. The van der Waals surface area contributed by atoms with Crippen molar-refractivity contribution in [1.29, 1.82) is 0 Å². The van der Waals surface area contributed by atoms with Crippen molar-refractivity contribution in [3.05, 3.63) is 71.3 Å². The van der Waals surface area contributed by atoms with Crippen molar-refractivity contribution in [2.24, 2.45) is 11.8 Å². The number of carbonyl (C=O) groups excluding carboxylic acids is 2. The molecule has 2 aromatic rings. The highest BCUT2D eigenvalue weighted by molar-refractivity contribution is 5.99. The van der Waals surface area contributed by atoms with Crippen molar-refractivity contribution in [2.75, 3.05) is 13.1 Å². The third-order valence-corrected chi connectivity index (χ3v) is 8.59. The number of fused-ring (bicyclic) bond motifs is 1. The summed E-state index contributed by atoms with van der Waals surface area (Å²) >= 11 is 0. The number of carbonyl (C=O) groups is 2. The summed E-state index contributed by atoms with van der Waals surface area (Å²) in [6.45, 7) is 2.49. The molecule has 9 heteroatoms. The molecule has 3 fully saturated rings. The first kappa shape index (κ1) is 28.2. The van der Waals surface area contributed by atoms with Crippen molar-refractivity contribution in [1.82, 2.24) is 10.2 Å². The summed E-state index contributed by atoms with van der Waals surface area (Å²) in [5.41, 5.74) is -0.719. The lowest BCUT2D eigenvalue weighted by molar-refractivity contribution is -0.158. The van der Waals surface area contributed by atoms with E-state index in [0.717, 1.165) is 30.9 Å². The van der Waals surface area contributed by atoms with Crippen LogP contribution >= 0.6 is 0 Å². The van der Waals surface area contributed by atoms with Gasteiger partial charge in [-0.25, -0.2) is 0 Å². The van der Waals surface area contributed by atoms with E-state index in [9.17, 15) is 27.9 Å². The van der Waals surface area contributed by atoms with E-state index in [0.29, 0.717) is 38.3 Å². The molecule has 5 rings (SSSR count). The van der Waals surface area contributed by atoms with Gasteiger partial charge < -0.3 is 15.2 Å². The number of halogens is 3. The van der Waals surface area contributed by atoms with E-state index >= 15 is 0 Å². The summed E-state index contributed by atoms with van der Waals surface area (Å²) in [6.07, 6.45) is -0.432. The van der Waals surface area contributed by atoms with Gasteiger partial charge in [-0.15, -0.1) is 0 Å². The van der Waals surface area contributed by atoms with Crippen LogP contribution in [0.5, 0.6) is 5.75 Å². The van der Waals surface area contributed by atoms with E-state index in [2.05, 4.69) is 10.2 Å². The lowest BCUT2D eigenvalue weighted by Gasteiger charge is -2.56. The van der Waals surface area contributed by atoms with Crippen LogP contribution in [-0.4, -0.2) is 53.4 Å². The van der Waals surface area contributed by atoms with E-state index in [1.165, 1.54) is 19.1 Å². The average Bonchev–Trinajstić information content (AvgIpc) is 3.72. The van der Waals surface area contributed by atoms with Gasteiger partial charge in [-0.1, -0.05) is 42.5 Å². The molecule has 2 saturated carbocycles. The van der Waals surface area contributed by atoms with E-state index in [1.54, 1.807) is 36.4 Å². The number of nitrogens with zero attached hydrogens (tertiary/aromatic N) is 1. The Balaban J connectivity index is 1.51. The normalized spacial score (nSPS) is 27.5. The van der Waals surface area contributed by atoms with E-state index < -0.39 is 29.2 Å². The number of nitrogens with one attached hydrogen (secondary N) is 1. The van der Waals surface area contributed by atoms with Gasteiger partial charge in [-0.05, 0) is 73.8 Å². The molecule has 6 nitrogen and oxygen atoms in total. The van der Waals surface area contributed by atoms with Gasteiger partial charge in [0.2, 0.25) is 0 Å². The minimum atomic E-state index is -4.84. The van der Waals surface area contributed by atoms with Crippen molar-refractivity contribution >= 4 is 18.0 Å². The first-order valence-electron chi connectivity index (χ1n) is 13.9. The van der Waals surface area contributed by atoms with Crippen molar-refractivity contribution in [3.63, 3.8) is 0 Å². The number of piperidine rings is 1. The summed E-state index contributed by atoms with van der Waals surface area (Å²) in [4.78, 5) is 27.4. The maximum Gasteiger partial charge on any atom is 0.421 e. The molecule has 0 aromatic heterocycles. The highest BCUT2D eigenvalue weighted by Gasteiger charge is 2.54. The van der Waals surface area contributed by atoms with Crippen LogP contribution in [0.3, 0.4) is 0 Å². The van der Waals surface area contributed by atoms with Gasteiger partial charge in [0.1, 0.15) is 17.4 Å². The number of phenols is 1. The number of hydrogen-bond donors (Lipinski definition) is 2. The summed E-state index contributed by atoms with van der Waals surface area (Å²) in [6, 6.07) is 14.9. The van der Waals surface area contributed by atoms with Gasteiger partial charge >= 0.3 is 12.1 Å². The van der Waals surface area contributed by atoms with Crippen LogP contribution in [0.1, 0.15) is 56.6 Å². The monoisotopic (exact) mass is 556 g/mol. The van der Waals surface area contributed by atoms with Crippen molar-refractivity contribution < 1.29 is 32.6 Å². The average molecular weight is 557 g/mol. The van der Waals surface area contributed by atoms with Crippen molar-refractivity contribution in [2.45, 2.75) is 69.3 Å². The van der Waals surface area contributed by atoms with E-state index in [-0.39, 0.29) is 29.3 Å². The third-order valence-electron chi connectivity index (χ3n) is 8.59. The number of likely N-dealkylation sites (tertiary alicyclic amines) is 1. The molecule has 214 valence electrons.